The highest BCUT2D eigenvalue weighted by atomic mass is 19.1. The van der Waals surface area contributed by atoms with Crippen LogP contribution in [0.2, 0.25) is 0 Å². The van der Waals surface area contributed by atoms with Crippen molar-refractivity contribution in [3.63, 3.8) is 0 Å². The number of benzene rings is 1. The van der Waals surface area contributed by atoms with E-state index in [4.69, 9.17) is 5.11 Å². The van der Waals surface area contributed by atoms with Crippen LogP contribution in [0.5, 0.6) is 0 Å². The van der Waals surface area contributed by atoms with Crippen LogP contribution in [0.4, 0.5) is 14.9 Å². The quantitative estimate of drug-likeness (QED) is 0.783. The van der Waals surface area contributed by atoms with E-state index in [0.29, 0.717) is 12.5 Å². The summed E-state index contributed by atoms with van der Waals surface area (Å²) in [5, 5.41) is 13.8. The summed E-state index contributed by atoms with van der Waals surface area (Å²) in [7, 11) is 0. The zero-order valence-electron chi connectivity index (χ0n) is 10.3. The van der Waals surface area contributed by atoms with Crippen molar-refractivity contribution in [3.8, 4) is 0 Å². The van der Waals surface area contributed by atoms with Crippen LogP contribution in [0.15, 0.2) is 18.2 Å². The molecule has 3 N–H and O–H groups in total. The Bertz CT molecular complexity index is 501. The topological polar surface area (TPSA) is 78.4 Å². The number of rotatable bonds is 4. The first-order valence-corrected chi connectivity index (χ1v) is 6.14. The maximum absolute atomic E-state index is 13.5. The van der Waals surface area contributed by atoms with Gasteiger partial charge in [0.25, 0.3) is 0 Å². The summed E-state index contributed by atoms with van der Waals surface area (Å²) >= 11 is 0. The van der Waals surface area contributed by atoms with E-state index in [2.05, 4.69) is 10.6 Å². The lowest BCUT2D eigenvalue weighted by Gasteiger charge is -2.25. The summed E-state index contributed by atoms with van der Waals surface area (Å²) in [6.07, 6.45) is 3.34. The minimum absolute atomic E-state index is 0.265. The van der Waals surface area contributed by atoms with Gasteiger partial charge in [0.1, 0.15) is 5.82 Å². The fourth-order valence-corrected chi connectivity index (χ4v) is 1.92. The third-order valence-electron chi connectivity index (χ3n) is 3.26. The summed E-state index contributed by atoms with van der Waals surface area (Å²) in [5.74, 6) is -1.57. The molecular formula is C13H15FN2O3. The number of urea groups is 1. The average molecular weight is 266 g/mol. The summed E-state index contributed by atoms with van der Waals surface area (Å²) < 4.78 is 13.5. The standard InChI is InChI=1S/C13H15FN2O3/c14-10-6-2-5-9(12(17)18)11(10)16-13(19)15-7-8-3-1-4-8/h2,5-6,8H,1,3-4,7H2,(H,17,18)(H2,15,16,19). The number of carboxylic acids is 1. The lowest BCUT2D eigenvalue weighted by Crippen LogP contribution is -2.35. The van der Waals surface area contributed by atoms with Crippen LogP contribution in [0.3, 0.4) is 0 Å². The van der Waals surface area contributed by atoms with E-state index in [1.54, 1.807) is 0 Å². The molecule has 1 aliphatic rings. The average Bonchev–Trinajstić information content (AvgIpc) is 2.29. The Hall–Kier alpha value is -2.11. The van der Waals surface area contributed by atoms with Crippen molar-refractivity contribution in [1.29, 1.82) is 0 Å². The van der Waals surface area contributed by atoms with Crippen LogP contribution in [0, 0.1) is 11.7 Å². The number of carbonyl (C=O) groups excluding carboxylic acids is 1. The van der Waals surface area contributed by atoms with E-state index in [1.807, 2.05) is 0 Å². The van der Waals surface area contributed by atoms with Crippen LogP contribution in [-0.2, 0) is 0 Å². The number of halogens is 1. The number of hydrogen-bond acceptors (Lipinski definition) is 2. The molecule has 1 aliphatic carbocycles. The Balaban J connectivity index is 2.00. The molecule has 0 unspecified atom stereocenters. The Morgan fingerprint density at radius 1 is 1.37 bits per heavy atom. The Morgan fingerprint density at radius 2 is 2.11 bits per heavy atom. The van der Waals surface area contributed by atoms with E-state index in [0.717, 1.165) is 18.9 Å². The molecule has 5 nitrogen and oxygen atoms in total. The van der Waals surface area contributed by atoms with Crippen LogP contribution in [0.1, 0.15) is 29.6 Å². The molecule has 0 saturated heterocycles. The number of anilines is 1. The second-order valence-corrected chi connectivity index (χ2v) is 4.60. The van der Waals surface area contributed by atoms with Crippen molar-refractivity contribution in [3.05, 3.63) is 29.6 Å². The summed E-state index contributed by atoms with van der Waals surface area (Å²) in [6.45, 7) is 0.530. The first kappa shape index (κ1) is 13.3. The number of carbonyl (C=O) groups is 2. The minimum atomic E-state index is -1.28. The zero-order valence-corrected chi connectivity index (χ0v) is 10.3. The molecule has 0 atom stereocenters. The molecule has 2 rings (SSSR count). The predicted octanol–water partition coefficient (Wildman–Crippen LogP) is 2.45. The first-order valence-electron chi connectivity index (χ1n) is 6.14. The van der Waals surface area contributed by atoms with Crippen molar-refractivity contribution >= 4 is 17.7 Å². The first-order chi connectivity index (χ1) is 9.08. The third-order valence-corrected chi connectivity index (χ3v) is 3.26. The molecule has 0 spiro atoms. The number of hydrogen-bond donors (Lipinski definition) is 3. The fraction of sp³-hybridized carbons (Fsp3) is 0.385. The van der Waals surface area contributed by atoms with Gasteiger partial charge in [-0.05, 0) is 30.9 Å². The molecule has 19 heavy (non-hydrogen) atoms. The highest BCUT2D eigenvalue weighted by Gasteiger charge is 2.19. The van der Waals surface area contributed by atoms with Crippen molar-refractivity contribution < 1.29 is 19.1 Å². The monoisotopic (exact) mass is 266 g/mol. The zero-order chi connectivity index (χ0) is 13.8. The van der Waals surface area contributed by atoms with Gasteiger partial charge in [0, 0.05) is 6.54 Å². The van der Waals surface area contributed by atoms with Gasteiger partial charge in [-0.25, -0.2) is 14.0 Å². The maximum Gasteiger partial charge on any atom is 0.337 e. The van der Waals surface area contributed by atoms with Crippen molar-refractivity contribution in [2.45, 2.75) is 19.3 Å². The molecule has 2 amide bonds. The van der Waals surface area contributed by atoms with Gasteiger partial charge < -0.3 is 15.7 Å². The van der Waals surface area contributed by atoms with E-state index >= 15 is 0 Å². The Labute approximate surface area is 109 Å². The van der Waals surface area contributed by atoms with Crippen molar-refractivity contribution in [1.82, 2.24) is 5.32 Å². The highest BCUT2D eigenvalue weighted by Crippen LogP contribution is 2.25. The Morgan fingerprint density at radius 3 is 2.68 bits per heavy atom. The molecule has 0 aromatic heterocycles. The molecule has 1 aromatic rings. The predicted molar refractivity (Wildman–Crippen MR) is 67.7 cm³/mol. The molecule has 1 aromatic carbocycles. The summed E-state index contributed by atoms with van der Waals surface area (Å²) in [5.41, 5.74) is -0.570. The lowest BCUT2D eigenvalue weighted by atomic mass is 9.85. The van der Waals surface area contributed by atoms with Crippen LogP contribution in [0.25, 0.3) is 0 Å². The molecule has 0 radical (unpaired) electrons. The van der Waals surface area contributed by atoms with Crippen molar-refractivity contribution in [2.24, 2.45) is 5.92 Å². The maximum atomic E-state index is 13.5. The second-order valence-electron chi connectivity index (χ2n) is 4.60. The van der Waals surface area contributed by atoms with Gasteiger partial charge in [-0.3, -0.25) is 0 Å². The van der Waals surface area contributed by atoms with Gasteiger partial charge in [-0.1, -0.05) is 12.5 Å². The van der Waals surface area contributed by atoms with E-state index in [9.17, 15) is 14.0 Å². The largest absolute Gasteiger partial charge is 0.478 e. The molecule has 102 valence electrons. The van der Waals surface area contributed by atoms with Crippen LogP contribution in [-0.4, -0.2) is 23.7 Å². The molecule has 0 bridgehead atoms. The van der Waals surface area contributed by atoms with Gasteiger partial charge in [0.2, 0.25) is 0 Å². The number of aromatic carboxylic acids is 1. The number of para-hydroxylation sites is 1. The third kappa shape index (κ3) is 3.21. The second kappa shape index (κ2) is 5.69. The fourth-order valence-electron chi connectivity index (χ4n) is 1.92. The van der Waals surface area contributed by atoms with E-state index < -0.39 is 17.8 Å². The molecule has 1 fully saturated rings. The molecule has 6 heteroatoms. The van der Waals surface area contributed by atoms with Crippen LogP contribution >= 0.6 is 0 Å². The van der Waals surface area contributed by atoms with Gasteiger partial charge in [0.05, 0.1) is 11.3 Å². The van der Waals surface area contributed by atoms with E-state index in [1.165, 1.54) is 18.6 Å². The lowest BCUT2D eigenvalue weighted by molar-refractivity contribution is 0.0697. The van der Waals surface area contributed by atoms with Gasteiger partial charge in [-0.15, -0.1) is 0 Å². The van der Waals surface area contributed by atoms with Gasteiger partial charge >= 0.3 is 12.0 Å². The molecule has 0 heterocycles. The van der Waals surface area contributed by atoms with E-state index in [-0.39, 0.29) is 11.3 Å². The smallest absolute Gasteiger partial charge is 0.337 e. The summed E-state index contributed by atoms with van der Waals surface area (Å²) in [4.78, 5) is 22.5. The number of nitrogens with one attached hydrogen (secondary N) is 2. The summed E-state index contributed by atoms with van der Waals surface area (Å²) in [6, 6.07) is 3.05. The normalized spacial score (nSPS) is 14.6. The number of amides is 2. The van der Waals surface area contributed by atoms with Gasteiger partial charge in [-0.2, -0.15) is 0 Å². The molecule has 0 aliphatic heterocycles. The van der Waals surface area contributed by atoms with Gasteiger partial charge in [0.15, 0.2) is 0 Å². The van der Waals surface area contributed by atoms with Crippen LogP contribution < -0.4 is 10.6 Å². The number of carboxylic acid groups (broad SMARTS) is 1. The molecular weight excluding hydrogens is 251 g/mol. The highest BCUT2D eigenvalue weighted by molar-refractivity contribution is 6.00. The Kier molecular flexibility index (Phi) is 3.99. The minimum Gasteiger partial charge on any atom is -0.478 e. The SMILES string of the molecule is O=C(NCC1CCC1)Nc1c(F)cccc1C(=O)O. The molecule has 1 saturated carbocycles. The van der Waals surface area contributed by atoms with Crippen molar-refractivity contribution in [2.75, 3.05) is 11.9 Å².